The molecule has 1 fully saturated rings. The normalized spacial score (nSPS) is 16.0. The largest absolute Gasteiger partial charge is 0.493 e. The Balaban J connectivity index is 1.96. The van der Waals surface area contributed by atoms with E-state index in [0.29, 0.717) is 26.6 Å². The average molecular weight is 390 g/mol. The topological polar surface area (TPSA) is 29.5 Å². The molecule has 1 aliphatic heterocycles. The number of amides is 1. The zero-order valence-corrected chi connectivity index (χ0v) is 16.2. The lowest BCUT2D eigenvalue weighted by atomic mass is 10.1. The second-order valence-electron chi connectivity index (χ2n) is 5.47. The standard InChI is InChI=1S/C19H16ClNO2S2/c1-3-23-16-9-6-14(20)10-13(16)11-17-18(22)21(19(24)25-17)15-7-4-12(2)5-8-15/h4-11H,3H2,1-2H3/b17-11-. The zero-order chi connectivity index (χ0) is 18.0. The number of rotatable bonds is 4. The molecule has 0 N–H and O–H groups in total. The van der Waals surface area contributed by atoms with Gasteiger partial charge in [-0.3, -0.25) is 9.69 Å². The molecule has 1 saturated heterocycles. The molecule has 1 amide bonds. The molecule has 3 rings (SSSR count). The van der Waals surface area contributed by atoms with Crippen LogP contribution in [0.4, 0.5) is 5.69 Å². The van der Waals surface area contributed by atoms with Gasteiger partial charge in [-0.05, 0) is 50.3 Å². The van der Waals surface area contributed by atoms with Crippen LogP contribution in [0.3, 0.4) is 0 Å². The molecule has 0 saturated carbocycles. The summed E-state index contributed by atoms with van der Waals surface area (Å²) in [5.74, 6) is 0.550. The molecule has 1 heterocycles. The van der Waals surface area contributed by atoms with Crippen LogP contribution in [0.25, 0.3) is 6.08 Å². The van der Waals surface area contributed by atoms with E-state index in [9.17, 15) is 4.79 Å². The number of hydrogen-bond acceptors (Lipinski definition) is 4. The van der Waals surface area contributed by atoms with Crippen molar-refractivity contribution in [1.29, 1.82) is 0 Å². The predicted octanol–water partition coefficient (Wildman–Crippen LogP) is 5.45. The van der Waals surface area contributed by atoms with Crippen molar-refractivity contribution < 1.29 is 9.53 Å². The highest BCUT2D eigenvalue weighted by molar-refractivity contribution is 8.27. The van der Waals surface area contributed by atoms with Crippen LogP contribution < -0.4 is 9.64 Å². The number of hydrogen-bond donors (Lipinski definition) is 0. The molecular weight excluding hydrogens is 374 g/mol. The Morgan fingerprint density at radius 3 is 2.64 bits per heavy atom. The van der Waals surface area contributed by atoms with Crippen molar-refractivity contribution in [3.8, 4) is 5.75 Å². The van der Waals surface area contributed by atoms with Crippen molar-refractivity contribution in [3.05, 3.63) is 63.5 Å². The number of carbonyl (C=O) groups excluding carboxylic acids is 1. The van der Waals surface area contributed by atoms with Crippen molar-refractivity contribution >= 4 is 57.6 Å². The smallest absolute Gasteiger partial charge is 0.270 e. The van der Waals surface area contributed by atoms with Crippen LogP contribution in [0.1, 0.15) is 18.1 Å². The number of nitrogens with zero attached hydrogens (tertiary/aromatic N) is 1. The van der Waals surface area contributed by atoms with Gasteiger partial charge in [-0.1, -0.05) is 53.3 Å². The van der Waals surface area contributed by atoms with Crippen molar-refractivity contribution in [2.45, 2.75) is 13.8 Å². The molecule has 0 bridgehead atoms. The fourth-order valence-electron chi connectivity index (χ4n) is 2.44. The van der Waals surface area contributed by atoms with E-state index in [-0.39, 0.29) is 5.91 Å². The van der Waals surface area contributed by atoms with Crippen molar-refractivity contribution in [1.82, 2.24) is 0 Å². The zero-order valence-electron chi connectivity index (χ0n) is 13.8. The molecule has 0 aliphatic carbocycles. The minimum atomic E-state index is -0.138. The third kappa shape index (κ3) is 3.89. The third-order valence-corrected chi connectivity index (χ3v) is 5.18. The maximum atomic E-state index is 12.8. The Bertz CT molecular complexity index is 862. The Kier molecular flexibility index (Phi) is 5.47. The maximum absolute atomic E-state index is 12.8. The van der Waals surface area contributed by atoms with Crippen LogP contribution in [0.2, 0.25) is 5.02 Å². The second-order valence-corrected chi connectivity index (χ2v) is 7.58. The van der Waals surface area contributed by atoms with Gasteiger partial charge in [-0.25, -0.2) is 0 Å². The first kappa shape index (κ1) is 18.0. The lowest BCUT2D eigenvalue weighted by Crippen LogP contribution is -2.27. The summed E-state index contributed by atoms with van der Waals surface area (Å²) in [4.78, 5) is 14.9. The van der Waals surface area contributed by atoms with E-state index in [0.717, 1.165) is 16.8 Å². The first-order chi connectivity index (χ1) is 12.0. The third-order valence-electron chi connectivity index (χ3n) is 3.64. The molecule has 0 unspecified atom stereocenters. The second kappa shape index (κ2) is 7.60. The molecule has 0 atom stereocenters. The van der Waals surface area contributed by atoms with Gasteiger partial charge in [-0.2, -0.15) is 0 Å². The number of anilines is 1. The lowest BCUT2D eigenvalue weighted by molar-refractivity contribution is -0.113. The van der Waals surface area contributed by atoms with E-state index in [1.807, 2.05) is 38.1 Å². The number of carbonyl (C=O) groups is 1. The molecule has 128 valence electrons. The van der Waals surface area contributed by atoms with Gasteiger partial charge in [-0.15, -0.1) is 0 Å². The van der Waals surface area contributed by atoms with Gasteiger partial charge in [0.05, 0.1) is 17.2 Å². The summed E-state index contributed by atoms with van der Waals surface area (Å²) in [6.45, 7) is 4.45. The van der Waals surface area contributed by atoms with E-state index in [1.165, 1.54) is 11.8 Å². The number of aryl methyl sites for hydroxylation is 1. The van der Waals surface area contributed by atoms with E-state index in [1.54, 1.807) is 29.2 Å². The van der Waals surface area contributed by atoms with E-state index >= 15 is 0 Å². The van der Waals surface area contributed by atoms with E-state index in [2.05, 4.69) is 0 Å². The van der Waals surface area contributed by atoms with Crippen LogP contribution in [0.5, 0.6) is 5.75 Å². The van der Waals surface area contributed by atoms with Crippen LogP contribution in [-0.2, 0) is 4.79 Å². The molecule has 0 radical (unpaired) electrons. The summed E-state index contributed by atoms with van der Waals surface area (Å²) in [7, 11) is 0. The number of halogens is 1. The van der Waals surface area contributed by atoms with Gasteiger partial charge < -0.3 is 4.74 Å². The van der Waals surface area contributed by atoms with Gasteiger partial charge >= 0.3 is 0 Å². The van der Waals surface area contributed by atoms with Crippen LogP contribution >= 0.6 is 35.6 Å². The van der Waals surface area contributed by atoms with Crippen LogP contribution in [0.15, 0.2) is 47.4 Å². The molecule has 0 aromatic heterocycles. The minimum absolute atomic E-state index is 0.138. The highest BCUT2D eigenvalue weighted by Gasteiger charge is 2.33. The SMILES string of the molecule is CCOc1ccc(Cl)cc1/C=C1\SC(=S)N(c2ccc(C)cc2)C1=O. The molecule has 0 spiro atoms. The van der Waals surface area contributed by atoms with Gasteiger partial charge in [0.25, 0.3) is 5.91 Å². The van der Waals surface area contributed by atoms with Gasteiger partial charge in [0.1, 0.15) is 5.75 Å². The fraction of sp³-hybridized carbons (Fsp3) is 0.158. The number of benzene rings is 2. The summed E-state index contributed by atoms with van der Waals surface area (Å²) in [5.41, 5.74) is 2.66. The lowest BCUT2D eigenvalue weighted by Gasteiger charge is -2.14. The fourth-order valence-corrected chi connectivity index (χ4v) is 3.91. The molecule has 6 heteroatoms. The summed E-state index contributed by atoms with van der Waals surface area (Å²) < 4.78 is 6.13. The van der Waals surface area contributed by atoms with Crippen molar-refractivity contribution in [2.24, 2.45) is 0 Å². The molecule has 2 aromatic rings. The molecule has 25 heavy (non-hydrogen) atoms. The first-order valence-corrected chi connectivity index (χ1v) is 9.37. The Morgan fingerprint density at radius 2 is 1.96 bits per heavy atom. The monoisotopic (exact) mass is 389 g/mol. The molecular formula is C19H16ClNO2S2. The highest BCUT2D eigenvalue weighted by atomic mass is 35.5. The van der Waals surface area contributed by atoms with Crippen molar-refractivity contribution in [3.63, 3.8) is 0 Å². The van der Waals surface area contributed by atoms with Gasteiger partial charge in [0.15, 0.2) is 4.32 Å². The van der Waals surface area contributed by atoms with Crippen molar-refractivity contribution in [2.75, 3.05) is 11.5 Å². The van der Waals surface area contributed by atoms with E-state index < -0.39 is 0 Å². The Hall–Kier alpha value is -1.82. The Labute approximate surface area is 161 Å². The average Bonchev–Trinajstić information content (AvgIpc) is 2.85. The molecule has 3 nitrogen and oxygen atoms in total. The summed E-state index contributed by atoms with van der Waals surface area (Å²) in [6, 6.07) is 13.1. The minimum Gasteiger partial charge on any atom is -0.493 e. The van der Waals surface area contributed by atoms with Gasteiger partial charge in [0, 0.05) is 10.6 Å². The first-order valence-electron chi connectivity index (χ1n) is 7.76. The number of thioether (sulfide) groups is 1. The number of ether oxygens (including phenoxy) is 1. The summed E-state index contributed by atoms with van der Waals surface area (Å²) in [6.07, 6.45) is 1.78. The molecule has 1 aliphatic rings. The summed E-state index contributed by atoms with van der Waals surface area (Å²) in [5, 5.41) is 0.587. The maximum Gasteiger partial charge on any atom is 0.270 e. The Morgan fingerprint density at radius 1 is 1.24 bits per heavy atom. The van der Waals surface area contributed by atoms with E-state index in [4.69, 9.17) is 28.6 Å². The number of thiocarbonyl (C=S) groups is 1. The van der Waals surface area contributed by atoms with Crippen LogP contribution in [0, 0.1) is 6.92 Å². The quantitative estimate of drug-likeness (QED) is 0.513. The van der Waals surface area contributed by atoms with Gasteiger partial charge in [0.2, 0.25) is 0 Å². The highest BCUT2D eigenvalue weighted by Crippen LogP contribution is 2.37. The summed E-state index contributed by atoms with van der Waals surface area (Å²) >= 11 is 12.8. The molecule has 2 aromatic carbocycles. The van der Waals surface area contributed by atoms with Crippen LogP contribution in [-0.4, -0.2) is 16.8 Å². The predicted molar refractivity (Wildman–Crippen MR) is 109 cm³/mol.